The van der Waals surface area contributed by atoms with Gasteiger partial charge in [-0.1, -0.05) is 20.8 Å². The van der Waals surface area contributed by atoms with Crippen molar-refractivity contribution in [3.8, 4) is 0 Å². The standard InChI is InChI=1S/C18H27N5OS/c1-18(2,3)15(11-23-9-6-19-13-23)21-17(24)14-10-20-16(25-14)12-22-7-4-5-8-22/h6,9-10,13,15H,4-5,7-8,11-12H2,1-3H3,(H,21,24)/t15-/m0/s1. The average molecular weight is 362 g/mol. The van der Waals surface area contributed by atoms with Gasteiger partial charge in [-0.05, 0) is 31.3 Å². The van der Waals surface area contributed by atoms with Gasteiger partial charge in [0.15, 0.2) is 0 Å². The third kappa shape index (κ3) is 4.89. The minimum absolute atomic E-state index is 0.0123. The van der Waals surface area contributed by atoms with E-state index >= 15 is 0 Å². The first kappa shape index (κ1) is 18.1. The van der Waals surface area contributed by atoms with Crippen LogP contribution in [0.4, 0.5) is 0 Å². The largest absolute Gasteiger partial charge is 0.346 e. The van der Waals surface area contributed by atoms with Crippen LogP contribution in [0.3, 0.4) is 0 Å². The van der Waals surface area contributed by atoms with Crippen LogP contribution >= 0.6 is 11.3 Å². The van der Waals surface area contributed by atoms with E-state index in [1.807, 2.05) is 10.8 Å². The molecule has 25 heavy (non-hydrogen) atoms. The van der Waals surface area contributed by atoms with Crippen LogP contribution < -0.4 is 5.32 Å². The number of carbonyl (C=O) groups excluding carboxylic acids is 1. The minimum Gasteiger partial charge on any atom is -0.346 e. The second-order valence-corrected chi connectivity index (χ2v) is 8.87. The van der Waals surface area contributed by atoms with E-state index in [-0.39, 0.29) is 17.4 Å². The van der Waals surface area contributed by atoms with E-state index in [9.17, 15) is 4.79 Å². The van der Waals surface area contributed by atoms with Crippen molar-refractivity contribution in [1.82, 2.24) is 24.8 Å². The van der Waals surface area contributed by atoms with E-state index in [0.29, 0.717) is 11.4 Å². The van der Waals surface area contributed by atoms with Gasteiger partial charge < -0.3 is 9.88 Å². The van der Waals surface area contributed by atoms with Crippen LogP contribution in [0.2, 0.25) is 0 Å². The van der Waals surface area contributed by atoms with Crippen LogP contribution in [0, 0.1) is 5.41 Å². The number of imidazole rings is 1. The van der Waals surface area contributed by atoms with Gasteiger partial charge in [0, 0.05) is 18.9 Å². The van der Waals surface area contributed by atoms with E-state index in [1.54, 1.807) is 18.7 Å². The quantitative estimate of drug-likeness (QED) is 0.859. The summed E-state index contributed by atoms with van der Waals surface area (Å²) < 4.78 is 2.00. The van der Waals surface area contributed by atoms with Crippen LogP contribution in [-0.4, -0.2) is 44.5 Å². The topological polar surface area (TPSA) is 63.1 Å². The summed E-state index contributed by atoms with van der Waals surface area (Å²) >= 11 is 1.50. The third-order valence-corrected chi connectivity index (χ3v) is 5.62. The predicted octanol–water partition coefficient (Wildman–Crippen LogP) is 2.78. The number of hydrogen-bond acceptors (Lipinski definition) is 5. The molecule has 1 N–H and O–H groups in total. The number of nitrogens with one attached hydrogen (secondary N) is 1. The Hall–Kier alpha value is -1.73. The van der Waals surface area contributed by atoms with Crippen LogP contribution in [0.5, 0.6) is 0 Å². The van der Waals surface area contributed by atoms with Crippen molar-refractivity contribution < 1.29 is 4.79 Å². The lowest BCUT2D eigenvalue weighted by Crippen LogP contribution is -2.46. The molecule has 0 bridgehead atoms. The molecule has 0 aliphatic carbocycles. The van der Waals surface area contributed by atoms with E-state index in [4.69, 9.17) is 0 Å². The van der Waals surface area contributed by atoms with Gasteiger partial charge in [0.05, 0.1) is 25.1 Å². The number of nitrogens with zero attached hydrogens (tertiary/aromatic N) is 4. The molecule has 0 aromatic carbocycles. The Morgan fingerprint density at radius 3 is 2.76 bits per heavy atom. The maximum absolute atomic E-state index is 12.7. The summed E-state index contributed by atoms with van der Waals surface area (Å²) in [7, 11) is 0. The summed E-state index contributed by atoms with van der Waals surface area (Å²) in [6.07, 6.45) is 9.70. The molecule has 7 heteroatoms. The Balaban J connectivity index is 1.63. The van der Waals surface area contributed by atoms with Crippen molar-refractivity contribution in [2.24, 2.45) is 5.41 Å². The van der Waals surface area contributed by atoms with Gasteiger partial charge in [0.25, 0.3) is 5.91 Å². The Labute approximate surface area is 153 Å². The molecule has 0 unspecified atom stereocenters. The first-order chi connectivity index (χ1) is 11.9. The van der Waals surface area contributed by atoms with Crippen LogP contribution in [0.15, 0.2) is 24.9 Å². The van der Waals surface area contributed by atoms with Crippen molar-refractivity contribution in [2.75, 3.05) is 13.1 Å². The molecule has 3 rings (SSSR count). The van der Waals surface area contributed by atoms with E-state index < -0.39 is 0 Å². The highest BCUT2D eigenvalue weighted by Gasteiger charge is 2.27. The molecule has 1 atom stereocenters. The van der Waals surface area contributed by atoms with Gasteiger partial charge in [0.1, 0.15) is 9.88 Å². The van der Waals surface area contributed by atoms with E-state index in [0.717, 1.165) is 24.6 Å². The van der Waals surface area contributed by atoms with Gasteiger partial charge in [-0.2, -0.15) is 0 Å². The smallest absolute Gasteiger partial charge is 0.263 e. The molecule has 6 nitrogen and oxygen atoms in total. The lowest BCUT2D eigenvalue weighted by Gasteiger charge is -2.31. The Bertz CT molecular complexity index is 683. The van der Waals surface area contributed by atoms with Crippen molar-refractivity contribution in [3.05, 3.63) is 34.8 Å². The van der Waals surface area contributed by atoms with E-state index in [1.165, 1.54) is 24.2 Å². The second-order valence-electron chi connectivity index (χ2n) is 7.75. The first-order valence-corrected chi connectivity index (χ1v) is 9.67. The molecule has 2 aromatic heterocycles. The highest BCUT2D eigenvalue weighted by atomic mass is 32.1. The maximum atomic E-state index is 12.7. The molecule has 1 aliphatic heterocycles. The van der Waals surface area contributed by atoms with Crippen molar-refractivity contribution in [2.45, 2.75) is 52.7 Å². The van der Waals surface area contributed by atoms with Crippen LogP contribution in [0.1, 0.15) is 48.3 Å². The number of hydrogen-bond donors (Lipinski definition) is 1. The number of likely N-dealkylation sites (tertiary alicyclic amines) is 1. The minimum atomic E-state index is -0.0526. The van der Waals surface area contributed by atoms with Crippen molar-refractivity contribution >= 4 is 17.2 Å². The number of rotatable bonds is 6. The average Bonchev–Trinajstić information content (AvgIpc) is 3.28. The Morgan fingerprint density at radius 2 is 2.12 bits per heavy atom. The zero-order valence-electron chi connectivity index (χ0n) is 15.2. The fourth-order valence-electron chi connectivity index (χ4n) is 2.99. The lowest BCUT2D eigenvalue weighted by molar-refractivity contribution is 0.0896. The summed E-state index contributed by atoms with van der Waals surface area (Å²) in [5, 5.41) is 4.21. The molecule has 0 spiro atoms. The van der Waals surface area contributed by atoms with Crippen molar-refractivity contribution in [3.63, 3.8) is 0 Å². The van der Waals surface area contributed by atoms with Crippen LogP contribution in [-0.2, 0) is 13.1 Å². The van der Waals surface area contributed by atoms with Crippen molar-refractivity contribution in [1.29, 1.82) is 0 Å². The first-order valence-electron chi connectivity index (χ1n) is 8.85. The number of thiazole rings is 1. The van der Waals surface area contributed by atoms with Crippen LogP contribution in [0.25, 0.3) is 0 Å². The summed E-state index contributed by atoms with van der Waals surface area (Å²) in [6.45, 7) is 10.3. The molecule has 3 heterocycles. The molecular weight excluding hydrogens is 334 g/mol. The van der Waals surface area contributed by atoms with Gasteiger partial charge in [-0.25, -0.2) is 9.97 Å². The van der Waals surface area contributed by atoms with Gasteiger partial charge in [-0.3, -0.25) is 9.69 Å². The lowest BCUT2D eigenvalue weighted by atomic mass is 9.86. The second kappa shape index (κ2) is 7.66. The monoisotopic (exact) mass is 361 g/mol. The zero-order chi connectivity index (χ0) is 17.9. The maximum Gasteiger partial charge on any atom is 0.263 e. The predicted molar refractivity (Wildman–Crippen MR) is 99.6 cm³/mol. The fourth-order valence-corrected chi connectivity index (χ4v) is 3.85. The molecule has 1 fully saturated rings. The number of amides is 1. The van der Waals surface area contributed by atoms with E-state index in [2.05, 4.69) is 41.0 Å². The molecule has 136 valence electrons. The normalized spacial score (nSPS) is 16.9. The molecule has 0 saturated carbocycles. The summed E-state index contributed by atoms with van der Waals surface area (Å²) in [4.78, 5) is 24.3. The summed E-state index contributed by atoms with van der Waals surface area (Å²) in [5.41, 5.74) is -0.0526. The highest BCUT2D eigenvalue weighted by Crippen LogP contribution is 2.23. The van der Waals surface area contributed by atoms with Gasteiger partial charge in [0.2, 0.25) is 0 Å². The highest BCUT2D eigenvalue weighted by molar-refractivity contribution is 7.13. The Kier molecular flexibility index (Phi) is 5.54. The van der Waals surface area contributed by atoms with Gasteiger partial charge >= 0.3 is 0 Å². The molecule has 1 amide bonds. The molecule has 2 aromatic rings. The fraction of sp³-hybridized carbons (Fsp3) is 0.611. The molecule has 1 saturated heterocycles. The SMILES string of the molecule is CC(C)(C)[C@H](Cn1ccnc1)NC(=O)c1cnc(CN2CCCC2)s1. The third-order valence-electron chi connectivity index (χ3n) is 4.64. The molecule has 0 radical (unpaired) electrons. The number of carbonyl (C=O) groups is 1. The molecular formula is C18H27N5OS. The Morgan fingerprint density at radius 1 is 1.36 bits per heavy atom. The zero-order valence-corrected chi connectivity index (χ0v) is 16.1. The molecule has 1 aliphatic rings. The summed E-state index contributed by atoms with van der Waals surface area (Å²) in [5.74, 6) is -0.0368. The summed E-state index contributed by atoms with van der Waals surface area (Å²) in [6, 6.07) is 0.0123. The van der Waals surface area contributed by atoms with Gasteiger partial charge in [-0.15, -0.1) is 11.3 Å². The number of aromatic nitrogens is 3.